The quantitative estimate of drug-likeness (QED) is 0.541. The van der Waals surface area contributed by atoms with Crippen molar-refractivity contribution >= 4 is 44.0 Å². The number of hydrogen-bond acceptors (Lipinski definition) is 5. The molecule has 0 aliphatic heterocycles. The van der Waals surface area contributed by atoms with Crippen LogP contribution in [-0.2, 0) is 0 Å². The van der Waals surface area contributed by atoms with Crippen molar-refractivity contribution in [2.75, 3.05) is 10.6 Å². The van der Waals surface area contributed by atoms with Crippen molar-refractivity contribution in [2.45, 2.75) is 31.7 Å². The smallest absolute Gasteiger partial charge is 0.256 e. The first-order chi connectivity index (χ1) is 13.2. The Hall–Kier alpha value is -2.25. The molecule has 1 aliphatic rings. The highest BCUT2D eigenvalue weighted by Crippen LogP contribution is 2.31. The number of carbonyl (C=O) groups is 1. The van der Waals surface area contributed by atoms with Crippen LogP contribution >= 0.6 is 27.3 Å². The fourth-order valence-electron chi connectivity index (χ4n) is 3.25. The largest absolute Gasteiger partial charge is 0.367 e. The highest BCUT2D eigenvalue weighted by Gasteiger charge is 2.17. The lowest BCUT2D eigenvalue weighted by molar-refractivity contribution is 0.102. The summed E-state index contributed by atoms with van der Waals surface area (Å²) in [5.41, 5.74) is 4.07. The summed E-state index contributed by atoms with van der Waals surface area (Å²) < 4.78 is 1.01. The summed E-state index contributed by atoms with van der Waals surface area (Å²) in [6, 6.07) is 11.9. The van der Waals surface area contributed by atoms with E-state index in [4.69, 9.17) is 0 Å². The molecule has 5 nitrogen and oxygen atoms in total. The Morgan fingerprint density at radius 1 is 1.11 bits per heavy atom. The molecule has 27 heavy (non-hydrogen) atoms. The third kappa shape index (κ3) is 4.36. The van der Waals surface area contributed by atoms with Crippen LogP contribution in [-0.4, -0.2) is 21.9 Å². The van der Waals surface area contributed by atoms with E-state index in [-0.39, 0.29) is 5.91 Å². The van der Waals surface area contributed by atoms with Gasteiger partial charge in [0.2, 0.25) is 0 Å². The van der Waals surface area contributed by atoms with Gasteiger partial charge in [0.25, 0.3) is 5.91 Å². The number of nitrogens with zero attached hydrogens (tertiary/aromatic N) is 2. The minimum atomic E-state index is -0.158. The van der Waals surface area contributed by atoms with Crippen molar-refractivity contribution in [1.82, 2.24) is 9.97 Å². The number of benzene rings is 1. The van der Waals surface area contributed by atoms with Gasteiger partial charge < -0.3 is 10.6 Å². The molecule has 4 rings (SSSR count). The van der Waals surface area contributed by atoms with Crippen molar-refractivity contribution in [1.29, 1.82) is 0 Å². The number of amides is 1. The number of halogens is 1. The molecule has 1 aromatic carbocycles. The fraction of sp³-hybridized carbons (Fsp3) is 0.250. The first kappa shape index (κ1) is 18.1. The van der Waals surface area contributed by atoms with Crippen LogP contribution in [0.15, 0.2) is 52.6 Å². The SMILES string of the molecule is O=C(Nc1scnc1-c1ccc(Br)cc1)c1ccnc(NC2CCCC2)c1. The molecule has 1 saturated carbocycles. The van der Waals surface area contributed by atoms with E-state index >= 15 is 0 Å². The van der Waals surface area contributed by atoms with E-state index in [2.05, 4.69) is 36.5 Å². The van der Waals surface area contributed by atoms with Crippen LogP contribution in [0.4, 0.5) is 10.8 Å². The zero-order chi connectivity index (χ0) is 18.6. The molecule has 0 unspecified atom stereocenters. The van der Waals surface area contributed by atoms with E-state index in [0.717, 1.165) is 39.4 Å². The molecule has 138 valence electrons. The van der Waals surface area contributed by atoms with Gasteiger partial charge in [-0.25, -0.2) is 9.97 Å². The first-order valence-corrected chi connectivity index (χ1v) is 10.6. The van der Waals surface area contributed by atoms with Gasteiger partial charge in [-0.05, 0) is 37.1 Å². The molecular formula is C20H19BrN4OS. The Labute approximate surface area is 170 Å². The average Bonchev–Trinajstić information content (AvgIpc) is 3.35. The van der Waals surface area contributed by atoms with Gasteiger partial charge in [0, 0.05) is 27.8 Å². The fourth-order valence-corrected chi connectivity index (χ4v) is 4.22. The summed E-state index contributed by atoms with van der Waals surface area (Å²) in [7, 11) is 0. The maximum Gasteiger partial charge on any atom is 0.256 e. The lowest BCUT2D eigenvalue weighted by Gasteiger charge is -2.13. The molecule has 0 saturated heterocycles. The van der Waals surface area contributed by atoms with Crippen LogP contribution < -0.4 is 10.6 Å². The summed E-state index contributed by atoms with van der Waals surface area (Å²) in [5, 5.41) is 7.16. The summed E-state index contributed by atoms with van der Waals surface area (Å²) in [6.07, 6.45) is 6.50. The molecule has 7 heteroatoms. The van der Waals surface area contributed by atoms with Gasteiger partial charge in [0.1, 0.15) is 16.5 Å². The predicted octanol–water partition coefficient (Wildman–Crippen LogP) is 5.57. The second-order valence-corrected chi connectivity index (χ2v) is 8.32. The number of thiazole rings is 1. The zero-order valence-electron chi connectivity index (χ0n) is 14.6. The summed E-state index contributed by atoms with van der Waals surface area (Å²) >= 11 is 4.85. The number of aromatic nitrogens is 2. The van der Waals surface area contributed by atoms with Crippen LogP contribution in [0.5, 0.6) is 0 Å². The Bertz CT molecular complexity index is 935. The molecule has 2 heterocycles. The monoisotopic (exact) mass is 442 g/mol. The molecule has 0 bridgehead atoms. The maximum absolute atomic E-state index is 12.7. The Morgan fingerprint density at radius 2 is 1.89 bits per heavy atom. The van der Waals surface area contributed by atoms with E-state index in [1.54, 1.807) is 17.8 Å². The zero-order valence-corrected chi connectivity index (χ0v) is 17.0. The van der Waals surface area contributed by atoms with Crippen LogP contribution in [0.1, 0.15) is 36.0 Å². The van der Waals surface area contributed by atoms with E-state index in [1.165, 1.54) is 24.2 Å². The third-order valence-corrected chi connectivity index (χ3v) is 5.91. The third-order valence-electron chi connectivity index (χ3n) is 4.64. The van der Waals surface area contributed by atoms with Crippen molar-refractivity contribution < 1.29 is 4.79 Å². The second kappa shape index (κ2) is 8.19. The molecule has 1 fully saturated rings. The highest BCUT2D eigenvalue weighted by molar-refractivity contribution is 9.10. The topological polar surface area (TPSA) is 66.9 Å². The van der Waals surface area contributed by atoms with E-state index in [0.29, 0.717) is 11.6 Å². The van der Waals surface area contributed by atoms with Crippen molar-refractivity contribution in [3.63, 3.8) is 0 Å². The van der Waals surface area contributed by atoms with Crippen LogP contribution in [0.2, 0.25) is 0 Å². The van der Waals surface area contributed by atoms with Crippen molar-refractivity contribution in [3.8, 4) is 11.3 Å². The van der Waals surface area contributed by atoms with E-state index < -0.39 is 0 Å². The lowest BCUT2D eigenvalue weighted by atomic mass is 10.1. The summed E-state index contributed by atoms with van der Waals surface area (Å²) in [5.74, 6) is 0.599. The Morgan fingerprint density at radius 3 is 2.67 bits per heavy atom. The number of pyridine rings is 1. The average molecular weight is 443 g/mol. The molecular weight excluding hydrogens is 424 g/mol. The summed E-state index contributed by atoms with van der Waals surface area (Å²) in [6.45, 7) is 0. The number of nitrogens with one attached hydrogen (secondary N) is 2. The van der Waals surface area contributed by atoms with Crippen LogP contribution in [0.25, 0.3) is 11.3 Å². The van der Waals surface area contributed by atoms with Crippen LogP contribution in [0, 0.1) is 0 Å². The number of carbonyl (C=O) groups excluding carboxylic acids is 1. The highest BCUT2D eigenvalue weighted by atomic mass is 79.9. The number of hydrogen-bond donors (Lipinski definition) is 2. The molecule has 2 aromatic heterocycles. The minimum absolute atomic E-state index is 0.158. The molecule has 0 radical (unpaired) electrons. The molecule has 2 N–H and O–H groups in total. The second-order valence-electron chi connectivity index (χ2n) is 6.55. The van der Waals surface area contributed by atoms with Crippen molar-refractivity contribution in [3.05, 3.63) is 58.1 Å². The standard InChI is InChI=1S/C20H19BrN4OS/c21-15-7-5-13(6-8-15)18-20(27-12-23-18)25-19(26)14-9-10-22-17(11-14)24-16-3-1-2-4-16/h5-12,16H,1-4H2,(H,22,24)(H,25,26). The molecule has 3 aromatic rings. The number of rotatable bonds is 5. The van der Waals surface area contributed by atoms with Gasteiger partial charge in [-0.1, -0.05) is 40.9 Å². The van der Waals surface area contributed by atoms with Gasteiger partial charge >= 0.3 is 0 Å². The van der Waals surface area contributed by atoms with Crippen molar-refractivity contribution in [2.24, 2.45) is 0 Å². The van der Waals surface area contributed by atoms with E-state index in [1.807, 2.05) is 30.3 Å². The minimum Gasteiger partial charge on any atom is -0.367 e. The van der Waals surface area contributed by atoms with Gasteiger partial charge in [0.15, 0.2) is 0 Å². The lowest BCUT2D eigenvalue weighted by Crippen LogP contribution is -2.17. The Kier molecular flexibility index (Phi) is 5.50. The summed E-state index contributed by atoms with van der Waals surface area (Å²) in [4.78, 5) is 21.5. The van der Waals surface area contributed by atoms with Gasteiger partial charge in [0.05, 0.1) is 5.51 Å². The first-order valence-electron chi connectivity index (χ1n) is 8.92. The Balaban J connectivity index is 1.50. The maximum atomic E-state index is 12.7. The molecule has 0 atom stereocenters. The molecule has 1 amide bonds. The predicted molar refractivity (Wildman–Crippen MR) is 113 cm³/mol. The number of anilines is 2. The van der Waals surface area contributed by atoms with Gasteiger partial charge in [-0.3, -0.25) is 4.79 Å². The van der Waals surface area contributed by atoms with Crippen LogP contribution in [0.3, 0.4) is 0 Å². The normalized spacial score (nSPS) is 14.3. The van der Waals surface area contributed by atoms with E-state index in [9.17, 15) is 4.79 Å². The van der Waals surface area contributed by atoms with Gasteiger partial charge in [-0.15, -0.1) is 11.3 Å². The molecule has 1 aliphatic carbocycles. The van der Waals surface area contributed by atoms with Gasteiger partial charge in [-0.2, -0.15) is 0 Å². The molecule has 0 spiro atoms.